The number of methoxy groups -OCH3 is 1. The molecule has 1 aromatic heterocycles. The van der Waals surface area contributed by atoms with Gasteiger partial charge in [-0.05, 0) is 43.5 Å². The number of aromatic nitrogens is 2. The van der Waals surface area contributed by atoms with Crippen molar-refractivity contribution in [1.82, 2.24) is 14.7 Å². The van der Waals surface area contributed by atoms with Crippen molar-refractivity contribution in [2.45, 2.75) is 31.8 Å². The first-order valence-electron chi connectivity index (χ1n) is 9.48. The number of likely N-dealkylation sites (tertiary alicyclic amines) is 1. The molecule has 29 heavy (non-hydrogen) atoms. The van der Waals surface area contributed by atoms with E-state index in [2.05, 4.69) is 10.4 Å². The van der Waals surface area contributed by atoms with Gasteiger partial charge in [-0.1, -0.05) is 29.3 Å². The van der Waals surface area contributed by atoms with Crippen LogP contribution in [-0.4, -0.2) is 40.3 Å². The summed E-state index contributed by atoms with van der Waals surface area (Å²) in [5, 5.41) is 8.70. The number of hydrogen-bond donors (Lipinski definition) is 1. The molecule has 0 bridgehead atoms. The lowest BCUT2D eigenvalue weighted by Crippen LogP contribution is -2.40. The zero-order valence-corrected chi connectivity index (χ0v) is 17.7. The van der Waals surface area contributed by atoms with E-state index >= 15 is 0 Å². The van der Waals surface area contributed by atoms with Crippen LogP contribution >= 0.6 is 23.2 Å². The number of carbonyl (C=O) groups is 1. The van der Waals surface area contributed by atoms with Crippen molar-refractivity contribution in [2.24, 2.45) is 0 Å². The number of nitrogens with one attached hydrogen (secondary N) is 1. The largest absolute Gasteiger partial charge is 0.505 e. The summed E-state index contributed by atoms with van der Waals surface area (Å²) >= 11 is 12.4. The quantitative estimate of drug-likeness (QED) is 0.715. The van der Waals surface area contributed by atoms with Gasteiger partial charge in [-0.15, -0.1) is 0 Å². The average Bonchev–Trinajstić information content (AvgIpc) is 3.36. The number of fused-ring (bicyclic) bond motifs is 1. The van der Waals surface area contributed by atoms with Gasteiger partial charge in [0, 0.05) is 18.3 Å². The van der Waals surface area contributed by atoms with Crippen molar-refractivity contribution < 1.29 is 9.53 Å². The second-order valence-electron chi connectivity index (χ2n) is 7.17. The van der Waals surface area contributed by atoms with Gasteiger partial charge in [0.15, 0.2) is 0 Å². The minimum atomic E-state index is -0.392. The van der Waals surface area contributed by atoms with E-state index in [0.29, 0.717) is 22.2 Å². The first-order valence-corrected chi connectivity index (χ1v) is 10.2. The highest BCUT2D eigenvalue weighted by Gasteiger charge is 2.38. The number of halogens is 2. The van der Waals surface area contributed by atoms with Gasteiger partial charge in [0.1, 0.15) is 11.9 Å². The van der Waals surface area contributed by atoms with Crippen LogP contribution in [0.15, 0.2) is 54.1 Å². The molecule has 1 aromatic carbocycles. The molecule has 2 aliphatic heterocycles. The molecule has 3 heterocycles. The van der Waals surface area contributed by atoms with Gasteiger partial charge in [0.25, 0.3) is 5.91 Å². The summed E-state index contributed by atoms with van der Waals surface area (Å²) in [4.78, 5) is 15.6. The molecule has 2 atom stereocenters. The number of carbonyl (C=O) groups excluding carboxylic acids is 1. The highest BCUT2D eigenvalue weighted by atomic mass is 35.5. The van der Waals surface area contributed by atoms with Gasteiger partial charge in [-0.2, -0.15) is 5.10 Å². The summed E-state index contributed by atoms with van der Waals surface area (Å²) in [7, 11) is 1.61. The van der Waals surface area contributed by atoms with E-state index in [1.807, 2.05) is 34.7 Å². The van der Waals surface area contributed by atoms with E-state index in [0.717, 1.165) is 29.9 Å². The molecule has 0 spiro atoms. The SMILES string of the molecule is CO/C=C/C1CCCN1C(=O)C1=C(C)Nc2ccnn2C1c1ccc(Cl)c(Cl)c1. The molecule has 152 valence electrons. The number of ether oxygens (including phenoxy) is 1. The predicted octanol–water partition coefficient (Wildman–Crippen LogP) is 4.63. The third-order valence-corrected chi connectivity index (χ3v) is 6.13. The Labute approximate surface area is 179 Å². The van der Waals surface area contributed by atoms with E-state index in [4.69, 9.17) is 27.9 Å². The van der Waals surface area contributed by atoms with Crippen LogP contribution < -0.4 is 5.32 Å². The Kier molecular flexibility index (Phi) is 5.56. The van der Waals surface area contributed by atoms with Crippen molar-refractivity contribution in [2.75, 3.05) is 19.0 Å². The van der Waals surface area contributed by atoms with E-state index in [-0.39, 0.29) is 11.9 Å². The zero-order chi connectivity index (χ0) is 20.5. The number of anilines is 1. The van der Waals surface area contributed by atoms with Crippen LogP contribution in [0.1, 0.15) is 31.4 Å². The molecule has 4 rings (SSSR count). The van der Waals surface area contributed by atoms with Gasteiger partial charge in [0.05, 0.1) is 41.2 Å². The first-order chi connectivity index (χ1) is 14.0. The normalized spacial score (nSPS) is 21.4. The molecule has 6 nitrogen and oxygen atoms in total. The second kappa shape index (κ2) is 8.13. The number of nitrogens with zero attached hydrogens (tertiary/aromatic N) is 3. The summed E-state index contributed by atoms with van der Waals surface area (Å²) < 4.78 is 6.88. The lowest BCUT2D eigenvalue weighted by Gasteiger charge is -2.33. The van der Waals surface area contributed by atoms with Crippen LogP contribution in [0.2, 0.25) is 10.0 Å². The van der Waals surface area contributed by atoms with E-state index in [9.17, 15) is 4.79 Å². The maximum absolute atomic E-state index is 13.7. The number of amides is 1. The highest BCUT2D eigenvalue weighted by molar-refractivity contribution is 6.42. The van der Waals surface area contributed by atoms with Crippen molar-refractivity contribution in [3.05, 3.63) is 69.7 Å². The Morgan fingerprint density at radius 3 is 2.90 bits per heavy atom. The third-order valence-electron chi connectivity index (χ3n) is 5.39. The summed E-state index contributed by atoms with van der Waals surface area (Å²) in [6.07, 6.45) is 7.15. The van der Waals surface area contributed by atoms with Gasteiger partial charge >= 0.3 is 0 Å². The molecule has 0 aliphatic carbocycles. The molecular weight excluding hydrogens is 411 g/mol. The number of rotatable bonds is 4. The second-order valence-corrected chi connectivity index (χ2v) is 7.99. The standard InChI is InChI=1S/C21H22Cl2N4O2/c1-13-19(21(28)26-10-3-4-15(26)8-11-29-2)20(27-18(25-13)7-9-24-27)14-5-6-16(22)17(23)12-14/h5-9,11-12,15,20,25H,3-4,10H2,1-2H3/b11-8+. The monoisotopic (exact) mass is 432 g/mol. The third kappa shape index (κ3) is 3.63. The molecule has 0 radical (unpaired) electrons. The fraction of sp³-hybridized carbons (Fsp3) is 0.333. The van der Waals surface area contributed by atoms with Crippen LogP contribution in [-0.2, 0) is 9.53 Å². The van der Waals surface area contributed by atoms with Gasteiger partial charge in [-0.25, -0.2) is 4.68 Å². The van der Waals surface area contributed by atoms with E-state index in [1.54, 1.807) is 31.7 Å². The van der Waals surface area contributed by atoms with Crippen LogP contribution in [0.3, 0.4) is 0 Å². The highest BCUT2D eigenvalue weighted by Crippen LogP contribution is 2.39. The lowest BCUT2D eigenvalue weighted by molar-refractivity contribution is -0.127. The lowest BCUT2D eigenvalue weighted by atomic mass is 9.94. The minimum Gasteiger partial charge on any atom is -0.505 e. The Morgan fingerprint density at radius 1 is 1.31 bits per heavy atom. The molecule has 2 unspecified atom stereocenters. The van der Waals surface area contributed by atoms with Crippen molar-refractivity contribution in [3.8, 4) is 0 Å². The number of hydrogen-bond acceptors (Lipinski definition) is 4. The fourth-order valence-electron chi connectivity index (χ4n) is 4.04. The van der Waals surface area contributed by atoms with E-state index in [1.165, 1.54) is 0 Å². The van der Waals surface area contributed by atoms with Crippen molar-refractivity contribution >= 4 is 34.9 Å². The molecule has 1 amide bonds. The smallest absolute Gasteiger partial charge is 0.254 e. The number of benzene rings is 1. The molecule has 2 aromatic rings. The Bertz CT molecular complexity index is 998. The van der Waals surface area contributed by atoms with Crippen LogP contribution in [0, 0.1) is 0 Å². The van der Waals surface area contributed by atoms with Gasteiger partial charge < -0.3 is 15.0 Å². The summed E-state index contributed by atoms with van der Waals surface area (Å²) in [5.41, 5.74) is 2.31. The first kappa shape index (κ1) is 19.9. The molecule has 0 saturated carbocycles. The van der Waals surface area contributed by atoms with Crippen LogP contribution in [0.4, 0.5) is 5.82 Å². The van der Waals surface area contributed by atoms with Crippen LogP contribution in [0.25, 0.3) is 0 Å². The van der Waals surface area contributed by atoms with Crippen LogP contribution in [0.5, 0.6) is 0 Å². The van der Waals surface area contributed by atoms with E-state index < -0.39 is 6.04 Å². The molecule has 2 aliphatic rings. The maximum Gasteiger partial charge on any atom is 0.254 e. The summed E-state index contributed by atoms with van der Waals surface area (Å²) in [5.74, 6) is 0.808. The summed E-state index contributed by atoms with van der Waals surface area (Å²) in [6.45, 7) is 2.62. The molecule has 1 saturated heterocycles. The van der Waals surface area contributed by atoms with Crippen molar-refractivity contribution in [1.29, 1.82) is 0 Å². The summed E-state index contributed by atoms with van der Waals surface area (Å²) in [6, 6.07) is 6.95. The number of allylic oxidation sites excluding steroid dienone is 1. The molecule has 8 heteroatoms. The molecular formula is C21H22Cl2N4O2. The molecule has 1 N–H and O–H groups in total. The topological polar surface area (TPSA) is 59.4 Å². The average molecular weight is 433 g/mol. The minimum absolute atomic E-state index is 0.0104. The zero-order valence-electron chi connectivity index (χ0n) is 16.2. The Balaban J connectivity index is 1.78. The Hall–Kier alpha value is -2.44. The fourth-order valence-corrected chi connectivity index (χ4v) is 4.35. The van der Waals surface area contributed by atoms with Gasteiger partial charge in [-0.3, -0.25) is 4.79 Å². The predicted molar refractivity (Wildman–Crippen MR) is 114 cm³/mol. The maximum atomic E-state index is 13.7. The molecule has 1 fully saturated rings. The van der Waals surface area contributed by atoms with Gasteiger partial charge in [0.2, 0.25) is 0 Å². The van der Waals surface area contributed by atoms with Crippen molar-refractivity contribution in [3.63, 3.8) is 0 Å². The Morgan fingerprint density at radius 2 is 2.14 bits per heavy atom.